The molecule has 2 aromatic heterocycles. The molecule has 8 heteroatoms. The van der Waals surface area contributed by atoms with Crippen LogP contribution in [-0.2, 0) is 23.1 Å². The molecule has 0 bridgehead atoms. The van der Waals surface area contributed by atoms with Crippen LogP contribution in [0.5, 0.6) is 0 Å². The zero-order valence-electron chi connectivity index (χ0n) is 15.1. The summed E-state index contributed by atoms with van der Waals surface area (Å²) < 4.78 is 33.0. The first-order valence-corrected chi connectivity index (χ1v) is 11.0. The van der Waals surface area contributed by atoms with E-state index in [0.717, 1.165) is 11.1 Å². The van der Waals surface area contributed by atoms with Crippen molar-refractivity contribution >= 4 is 32.8 Å². The highest BCUT2D eigenvalue weighted by Crippen LogP contribution is 2.39. The van der Waals surface area contributed by atoms with E-state index in [9.17, 15) is 13.2 Å². The van der Waals surface area contributed by atoms with Crippen molar-refractivity contribution in [2.24, 2.45) is 0 Å². The molecule has 3 aromatic rings. The largest absolute Gasteiger partial charge is 0.467 e. The Morgan fingerprint density at radius 3 is 2.68 bits per heavy atom. The molecule has 144 valence electrons. The first-order chi connectivity index (χ1) is 13.5. The van der Waals surface area contributed by atoms with Gasteiger partial charge in [0.25, 0.3) is 10.0 Å². The molecule has 0 spiro atoms. The molecular formula is C20H18N2O4S2. The van der Waals surface area contributed by atoms with Crippen LogP contribution in [0.1, 0.15) is 26.6 Å². The number of hydrogen-bond donors (Lipinski definition) is 1. The number of thiophene rings is 1. The van der Waals surface area contributed by atoms with Crippen LogP contribution in [0.25, 0.3) is 0 Å². The van der Waals surface area contributed by atoms with Crippen LogP contribution in [0.2, 0.25) is 0 Å². The van der Waals surface area contributed by atoms with Crippen LogP contribution < -0.4 is 9.62 Å². The first-order valence-electron chi connectivity index (χ1n) is 8.63. The Bertz CT molecular complexity index is 1130. The molecule has 1 aliphatic heterocycles. The number of anilines is 1. The molecule has 0 fully saturated rings. The van der Waals surface area contributed by atoms with Gasteiger partial charge in [0.05, 0.1) is 25.0 Å². The number of allylic oxidation sites excluding steroid dienone is 1. The molecular weight excluding hydrogens is 396 g/mol. The van der Waals surface area contributed by atoms with Crippen LogP contribution in [0.4, 0.5) is 5.69 Å². The van der Waals surface area contributed by atoms with Crippen molar-refractivity contribution in [2.45, 2.75) is 20.0 Å². The normalized spacial score (nSPS) is 17.0. The highest BCUT2D eigenvalue weighted by Gasteiger charge is 2.41. The summed E-state index contributed by atoms with van der Waals surface area (Å²) in [5, 5.41) is 4.62. The van der Waals surface area contributed by atoms with E-state index in [-0.39, 0.29) is 18.0 Å². The standard InChI is InChI=1S/C20H18N2O4S2/c1-14-4-6-15(7-5-14)13-22-17-8-10-27-20(17)19(23)18(28(22,24)25)12-21-11-16-3-2-9-26-16/h2-10,12,21H,11,13H2,1H3. The van der Waals surface area contributed by atoms with Gasteiger partial charge in [-0.3, -0.25) is 9.10 Å². The average Bonchev–Trinajstić information content (AvgIpc) is 3.35. The van der Waals surface area contributed by atoms with E-state index in [1.807, 2.05) is 31.2 Å². The molecule has 1 N–H and O–H groups in total. The van der Waals surface area contributed by atoms with Crippen LogP contribution in [-0.4, -0.2) is 14.2 Å². The number of fused-ring (bicyclic) bond motifs is 1. The fourth-order valence-electron chi connectivity index (χ4n) is 2.97. The van der Waals surface area contributed by atoms with E-state index in [0.29, 0.717) is 16.3 Å². The van der Waals surface area contributed by atoms with Crippen LogP contribution in [0.15, 0.2) is 69.6 Å². The number of nitrogens with zero attached hydrogens (tertiary/aromatic N) is 1. The second kappa shape index (κ2) is 7.29. The Hall–Kier alpha value is -2.84. The number of benzene rings is 1. The molecule has 1 aromatic carbocycles. The number of rotatable bonds is 5. The number of carbonyl (C=O) groups is 1. The van der Waals surface area contributed by atoms with Crippen molar-refractivity contribution in [3.05, 3.63) is 87.0 Å². The maximum atomic E-state index is 13.2. The average molecular weight is 415 g/mol. The smallest absolute Gasteiger partial charge is 0.270 e. The van der Waals surface area contributed by atoms with Gasteiger partial charge >= 0.3 is 0 Å². The van der Waals surface area contributed by atoms with Crippen LogP contribution in [0.3, 0.4) is 0 Å². The fraction of sp³-hybridized carbons (Fsp3) is 0.150. The van der Waals surface area contributed by atoms with Gasteiger partial charge in [-0.15, -0.1) is 11.3 Å². The topological polar surface area (TPSA) is 79.6 Å². The van der Waals surface area contributed by atoms with Gasteiger partial charge in [-0.2, -0.15) is 0 Å². The van der Waals surface area contributed by atoms with Gasteiger partial charge < -0.3 is 9.73 Å². The summed E-state index contributed by atoms with van der Waals surface area (Å²) >= 11 is 1.24. The second-order valence-electron chi connectivity index (χ2n) is 6.43. The van der Waals surface area contributed by atoms with E-state index in [1.54, 1.807) is 23.6 Å². The predicted octanol–water partition coefficient (Wildman–Crippen LogP) is 3.81. The number of sulfonamides is 1. The molecule has 4 rings (SSSR count). The molecule has 0 saturated carbocycles. The molecule has 3 heterocycles. The summed E-state index contributed by atoms with van der Waals surface area (Å²) in [7, 11) is -3.99. The third kappa shape index (κ3) is 3.36. The van der Waals surface area contributed by atoms with Gasteiger partial charge in [-0.05, 0) is 36.1 Å². The third-order valence-corrected chi connectivity index (χ3v) is 7.12. The molecule has 0 unspecified atom stereocenters. The molecule has 0 radical (unpaired) electrons. The van der Waals surface area contributed by atoms with Crippen LogP contribution >= 0.6 is 11.3 Å². The molecule has 1 aliphatic rings. The third-order valence-electron chi connectivity index (χ3n) is 4.45. The van der Waals surface area contributed by atoms with Gasteiger partial charge in [0.1, 0.15) is 10.6 Å². The lowest BCUT2D eigenvalue weighted by Gasteiger charge is -2.29. The Morgan fingerprint density at radius 2 is 1.96 bits per heavy atom. The Morgan fingerprint density at radius 1 is 1.18 bits per heavy atom. The number of hydrogen-bond acceptors (Lipinski definition) is 6. The number of ketones is 1. The Labute approximate surface area is 167 Å². The zero-order valence-corrected chi connectivity index (χ0v) is 16.7. The first kappa shape index (κ1) is 18.5. The molecule has 0 saturated heterocycles. The van der Waals surface area contributed by atoms with Gasteiger partial charge in [-0.1, -0.05) is 29.8 Å². The molecule has 28 heavy (non-hydrogen) atoms. The Balaban J connectivity index is 1.68. The maximum absolute atomic E-state index is 13.2. The van der Waals surface area contributed by atoms with E-state index in [1.165, 1.54) is 28.1 Å². The van der Waals surface area contributed by atoms with Crippen molar-refractivity contribution in [1.29, 1.82) is 0 Å². The van der Waals surface area contributed by atoms with Gasteiger partial charge in [0.2, 0.25) is 5.78 Å². The fourth-order valence-corrected chi connectivity index (χ4v) is 5.48. The van der Waals surface area contributed by atoms with E-state index >= 15 is 0 Å². The van der Waals surface area contributed by atoms with Crippen molar-refractivity contribution in [1.82, 2.24) is 5.32 Å². The minimum atomic E-state index is -3.99. The van der Waals surface area contributed by atoms with Crippen molar-refractivity contribution < 1.29 is 17.6 Å². The maximum Gasteiger partial charge on any atom is 0.270 e. The molecule has 0 atom stereocenters. The van der Waals surface area contributed by atoms with E-state index < -0.39 is 15.8 Å². The van der Waals surface area contributed by atoms with E-state index in [4.69, 9.17) is 4.42 Å². The number of carbonyl (C=O) groups excluding carboxylic acids is 1. The number of aryl methyl sites for hydroxylation is 1. The summed E-state index contributed by atoms with van der Waals surface area (Å²) in [6.45, 7) is 2.42. The minimum absolute atomic E-state index is 0.162. The number of nitrogens with one attached hydrogen (secondary N) is 1. The number of Topliss-reactive ketones (excluding diaryl/α,β-unsaturated/α-hetero) is 1. The summed E-state index contributed by atoms with van der Waals surface area (Å²) in [4.78, 5) is 13.0. The van der Waals surface area contributed by atoms with Crippen molar-refractivity contribution in [3.8, 4) is 0 Å². The second-order valence-corrected chi connectivity index (χ2v) is 9.18. The summed E-state index contributed by atoms with van der Waals surface area (Å²) in [6, 6.07) is 12.9. The quantitative estimate of drug-likeness (QED) is 0.642. The molecule has 0 amide bonds. The lowest BCUT2D eigenvalue weighted by Crippen LogP contribution is -2.38. The highest BCUT2D eigenvalue weighted by atomic mass is 32.2. The van der Waals surface area contributed by atoms with E-state index in [2.05, 4.69) is 5.32 Å². The Kier molecular flexibility index (Phi) is 4.82. The lowest BCUT2D eigenvalue weighted by atomic mass is 10.1. The highest BCUT2D eigenvalue weighted by molar-refractivity contribution is 7.97. The molecule has 6 nitrogen and oxygen atoms in total. The monoisotopic (exact) mass is 414 g/mol. The zero-order chi connectivity index (χ0) is 19.7. The summed E-state index contributed by atoms with van der Waals surface area (Å²) in [5.41, 5.74) is 2.38. The SMILES string of the molecule is Cc1ccc(CN2c3ccsc3C(=O)C(=CNCc3ccco3)S2(=O)=O)cc1. The van der Waals surface area contributed by atoms with Crippen molar-refractivity contribution in [2.75, 3.05) is 4.31 Å². The summed E-state index contributed by atoms with van der Waals surface area (Å²) in [6.07, 6.45) is 2.80. The number of furan rings is 1. The van der Waals surface area contributed by atoms with Crippen molar-refractivity contribution in [3.63, 3.8) is 0 Å². The minimum Gasteiger partial charge on any atom is -0.467 e. The predicted molar refractivity (Wildman–Crippen MR) is 109 cm³/mol. The lowest BCUT2D eigenvalue weighted by molar-refractivity contribution is 0.104. The van der Waals surface area contributed by atoms with Gasteiger partial charge in [0.15, 0.2) is 4.91 Å². The van der Waals surface area contributed by atoms with Gasteiger partial charge in [-0.25, -0.2) is 8.42 Å². The summed E-state index contributed by atoms with van der Waals surface area (Å²) in [5.74, 6) is 0.155. The molecule has 0 aliphatic carbocycles. The van der Waals surface area contributed by atoms with Crippen LogP contribution in [0, 0.1) is 6.92 Å². The van der Waals surface area contributed by atoms with Gasteiger partial charge in [0, 0.05) is 6.20 Å².